The molecule has 13 aromatic rings. The monoisotopic (exact) mass is 790 g/mol. The summed E-state index contributed by atoms with van der Waals surface area (Å²) in [5.74, 6) is 1.79. The summed E-state index contributed by atoms with van der Waals surface area (Å²) in [5.41, 5.74) is 9.72. The van der Waals surface area contributed by atoms with Crippen LogP contribution in [0, 0.1) is 0 Å². The van der Waals surface area contributed by atoms with Crippen LogP contribution >= 0.6 is 0 Å². The van der Waals surface area contributed by atoms with Crippen molar-refractivity contribution in [3.8, 4) is 51.0 Å². The first kappa shape index (κ1) is 34.5. The van der Waals surface area contributed by atoms with E-state index < -0.39 is 0 Å². The number of aromatic nitrogens is 4. The van der Waals surface area contributed by atoms with Gasteiger partial charge in [0.25, 0.3) is 0 Å². The van der Waals surface area contributed by atoms with Crippen LogP contribution in [0.25, 0.3) is 127 Å². The summed E-state index contributed by atoms with van der Waals surface area (Å²) >= 11 is 0. The Labute approximate surface area is 355 Å². The van der Waals surface area contributed by atoms with Gasteiger partial charge in [-0.05, 0) is 85.9 Å². The van der Waals surface area contributed by atoms with Crippen LogP contribution in [0.5, 0.6) is 0 Å². The molecule has 0 aliphatic heterocycles. The molecule has 0 radical (unpaired) electrons. The van der Waals surface area contributed by atoms with Crippen molar-refractivity contribution in [3.05, 3.63) is 206 Å². The summed E-state index contributed by atoms with van der Waals surface area (Å²) in [6.45, 7) is 0. The molecular formula is C57H34N4O. The number of furan rings is 1. The van der Waals surface area contributed by atoms with Crippen LogP contribution in [-0.4, -0.2) is 19.5 Å². The molecule has 5 nitrogen and oxygen atoms in total. The first-order valence-corrected chi connectivity index (χ1v) is 20.9. The molecule has 0 amide bonds. The van der Waals surface area contributed by atoms with Gasteiger partial charge in [-0.2, -0.15) is 0 Å². The van der Waals surface area contributed by atoms with Gasteiger partial charge in [0.05, 0.1) is 16.7 Å². The van der Waals surface area contributed by atoms with Gasteiger partial charge in [0, 0.05) is 38.2 Å². The predicted molar refractivity (Wildman–Crippen MR) is 256 cm³/mol. The molecule has 0 spiro atoms. The minimum Gasteiger partial charge on any atom is -0.454 e. The molecule has 0 fully saturated rings. The van der Waals surface area contributed by atoms with Crippen molar-refractivity contribution in [2.24, 2.45) is 0 Å². The topological polar surface area (TPSA) is 56.7 Å². The van der Waals surface area contributed by atoms with Crippen LogP contribution in [0.4, 0.5) is 0 Å². The van der Waals surface area contributed by atoms with E-state index in [2.05, 4.69) is 193 Å². The molecule has 288 valence electrons. The van der Waals surface area contributed by atoms with Crippen molar-refractivity contribution >= 4 is 76.1 Å². The Morgan fingerprint density at radius 3 is 1.71 bits per heavy atom. The summed E-state index contributed by atoms with van der Waals surface area (Å²) < 4.78 is 9.17. The van der Waals surface area contributed by atoms with Gasteiger partial charge in [-0.3, -0.25) is 0 Å². The molecule has 0 saturated heterocycles. The second-order valence-corrected chi connectivity index (χ2v) is 16.0. The first-order chi connectivity index (χ1) is 30.7. The number of hydrogen-bond donors (Lipinski definition) is 0. The van der Waals surface area contributed by atoms with Crippen LogP contribution in [0.1, 0.15) is 0 Å². The Morgan fingerprint density at radius 1 is 0.306 bits per heavy atom. The maximum Gasteiger partial charge on any atom is 0.164 e. The number of benzene rings is 10. The summed E-state index contributed by atoms with van der Waals surface area (Å²) in [7, 11) is 0. The van der Waals surface area contributed by atoms with Crippen molar-refractivity contribution in [1.82, 2.24) is 19.5 Å². The van der Waals surface area contributed by atoms with Crippen molar-refractivity contribution < 1.29 is 4.42 Å². The lowest BCUT2D eigenvalue weighted by molar-refractivity contribution is 0.666. The quantitative estimate of drug-likeness (QED) is 0.163. The lowest BCUT2D eigenvalue weighted by Crippen LogP contribution is -2.01. The molecule has 0 aliphatic rings. The molecular weight excluding hydrogens is 757 g/mol. The van der Waals surface area contributed by atoms with Crippen LogP contribution in [0.15, 0.2) is 211 Å². The smallest absolute Gasteiger partial charge is 0.164 e. The highest BCUT2D eigenvalue weighted by Crippen LogP contribution is 2.42. The molecule has 0 unspecified atom stereocenters. The first-order valence-electron chi connectivity index (χ1n) is 20.9. The highest BCUT2D eigenvalue weighted by Gasteiger charge is 2.22. The summed E-state index contributed by atoms with van der Waals surface area (Å²) in [5, 5.41) is 11.5. The van der Waals surface area contributed by atoms with Gasteiger partial charge in [0.15, 0.2) is 23.1 Å². The zero-order valence-corrected chi connectivity index (χ0v) is 33.3. The summed E-state index contributed by atoms with van der Waals surface area (Å²) in [4.78, 5) is 15.8. The number of hydrogen-bond acceptors (Lipinski definition) is 4. The number of nitrogens with zero attached hydrogens (tertiary/aromatic N) is 4. The number of fused-ring (bicyclic) bond motifs is 10. The third kappa shape index (κ3) is 5.45. The average molecular weight is 791 g/mol. The zero-order valence-electron chi connectivity index (χ0n) is 33.3. The molecule has 10 aromatic carbocycles. The van der Waals surface area contributed by atoms with Gasteiger partial charge in [0.2, 0.25) is 0 Å². The molecule has 0 aliphatic carbocycles. The standard InChI is InChI=1S/C57H34N4O/c1-2-12-35(13-3-1)36-22-25-38(26-23-36)55-58-56(42-28-29-45-41(30-42)27-24-37-14-6-7-17-44(37)45)60-57(59-55)43-32-49-47-19-9-11-21-53(47)62-54(49)52(34-43)61-50-20-10-8-18-46(50)48-31-39-15-4-5-16-40(39)33-51(48)61/h1-34H. The Balaban J connectivity index is 1.07. The SMILES string of the molecule is c1ccc(-c2ccc(-c3nc(-c4ccc5c(ccc6ccccc65)c4)nc(-c4cc(-n5c6ccccc6c6cc7ccccc7cc65)c5oc6ccccc6c5c4)n3)cc2)cc1. The highest BCUT2D eigenvalue weighted by atomic mass is 16.3. The lowest BCUT2D eigenvalue weighted by Gasteiger charge is -2.13. The second kappa shape index (κ2) is 13.6. The van der Waals surface area contributed by atoms with Crippen molar-refractivity contribution in [1.29, 1.82) is 0 Å². The second-order valence-electron chi connectivity index (χ2n) is 16.0. The van der Waals surface area contributed by atoms with Crippen LogP contribution < -0.4 is 0 Å². The fraction of sp³-hybridized carbons (Fsp3) is 0. The van der Waals surface area contributed by atoms with E-state index in [9.17, 15) is 0 Å². The minimum absolute atomic E-state index is 0.579. The maximum atomic E-state index is 6.81. The Hall–Kier alpha value is -8.41. The molecule has 3 aromatic heterocycles. The molecule has 3 heterocycles. The molecule has 0 saturated carbocycles. The van der Waals surface area contributed by atoms with E-state index in [0.29, 0.717) is 17.5 Å². The van der Waals surface area contributed by atoms with Crippen LogP contribution in [-0.2, 0) is 0 Å². The van der Waals surface area contributed by atoms with Crippen molar-refractivity contribution in [2.75, 3.05) is 0 Å². The van der Waals surface area contributed by atoms with Gasteiger partial charge in [-0.1, -0.05) is 164 Å². The molecule has 5 heteroatoms. The maximum absolute atomic E-state index is 6.81. The molecule has 62 heavy (non-hydrogen) atoms. The normalized spacial score (nSPS) is 11.9. The van der Waals surface area contributed by atoms with Crippen molar-refractivity contribution in [2.45, 2.75) is 0 Å². The van der Waals surface area contributed by atoms with Crippen LogP contribution in [0.3, 0.4) is 0 Å². The predicted octanol–water partition coefficient (Wildman–Crippen LogP) is 15.0. The third-order valence-electron chi connectivity index (χ3n) is 12.4. The minimum atomic E-state index is 0.579. The lowest BCUT2D eigenvalue weighted by atomic mass is 10.00. The fourth-order valence-electron chi connectivity index (χ4n) is 9.38. The van der Waals surface area contributed by atoms with Gasteiger partial charge in [0.1, 0.15) is 5.58 Å². The number of rotatable bonds is 5. The molecule has 0 bridgehead atoms. The van der Waals surface area contributed by atoms with E-state index in [1.807, 2.05) is 18.2 Å². The third-order valence-corrected chi connectivity index (χ3v) is 12.4. The van der Waals surface area contributed by atoms with E-state index >= 15 is 0 Å². The highest BCUT2D eigenvalue weighted by molar-refractivity contribution is 6.16. The fourth-order valence-corrected chi connectivity index (χ4v) is 9.38. The van der Waals surface area contributed by atoms with Gasteiger partial charge in [-0.15, -0.1) is 0 Å². The average Bonchev–Trinajstić information content (AvgIpc) is 3.88. The largest absolute Gasteiger partial charge is 0.454 e. The van der Waals surface area contributed by atoms with E-state index in [4.69, 9.17) is 19.4 Å². The molecule has 0 N–H and O–H groups in total. The Morgan fingerprint density at radius 2 is 0.887 bits per heavy atom. The number of para-hydroxylation sites is 2. The molecule has 0 atom stereocenters. The Bertz CT molecular complexity index is 3920. The van der Waals surface area contributed by atoms with Gasteiger partial charge in [-0.25, -0.2) is 15.0 Å². The Kier molecular flexibility index (Phi) is 7.54. The summed E-state index contributed by atoms with van der Waals surface area (Å²) in [6, 6.07) is 72.8. The van der Waals surface area contributed by atoms with E-state index in [1.54, 1.807) is 0 Å². The van der Waals surface area contributed by atoms with E-state index in [0.717, 1.165) is 71.9 Å². The van der Waals surface area contributed by atoms with Gasteiger partial charge < -0.3 is 8.98 Å². The van der Waals surface area contributed by atoms with Gasteiger partial charge >= 0.3 is 0 Å². The molecule has 13 rings (SSSR count). The van der Waals surface area contributed by atoms with E-state index in [-0.39, 0.29) is 0 Å². The van der Waals surface area contributed by atoms with E-state index in [1.165, 1.54) is 37.7 Å². The van der Waals surface area contributed by atoms with Crippen LogP contribution in [0.2, 0.25) is 0 Å². The zero-order chi connectivity index (χ0) is 40.7. The van der Waals surface area contributed by atoms with Crippen molar-refractivity contribution in [3.63, 3.8) is 0 Å². The summed E-state index contributed by atoms with van der Waals surface area (Å²) in [6.07, 6.45) is 0.